The molecule has 1 fully saturated rings. The summed E-state index contributed by atoms with van der Waals surface area (Å²) < 4.78 is 1.13. The van der Waals surface area contributed by atoms with Gasteiger partial charge in [-0.3, -0.25) is 0 Å². The Balaban J connectivity index is 1.34. The van der Waals surface area contributed by atoms with Crippen LogP contribution < -0.4 is 9.80 Å². The van der Waals surface area contributed by atoms with Crippen molar-refractivity contribution in [2.24, 2.45) is 0 Å². The summed E-state index contributed by atoms with van der Waals surface area (Å²) in [5, 5.41) is 1.82. The minimum absolute atomic E-state index is 0.755. The Hall–Kier alpha value is -2.70. The predicted octanol–water partition coefficient (Wildman–Crippen LogP) is 5.04. The minimum atomic E-state index is 0.755. The molecule has 4 aromatic rings. The number of aryl methyl sites for hydroxylation is 1. The van der Waals surface area contributed by atoms with Gasteiger partial charge < -0.3 is 9.80 Å². The van der Waals surface area contributed by atoms with E-state index in [1.165, 1.54) is 0 Å². The summed E-state index contributed by atoms with van der Waals surface area (Å²) in [7, 11) is 0. The number of benzene rings is 2. The molecule has 0 amide bonds. The SMILES string of the molecule is Cc1nc(-c2ccccc2)cc(N2CCN(c3nc4ccc(Cl)cc4s3)CC2)n1. The minimum Gasteiger partial charge on any atom is -0.353 e. The summed E-state index contributed by atoms with van der Waals surface area (Å²) in [5.41, 5.74) is 3.10. The second-order valence-corrected chi connectivity index (χ2v) is 8.55. The second kappa shape index (κ2) is 7.61. The molecule has 0 saturated carbocycles. The topological polar surface area (TPSA) is 45.2 Å². The van der Waals surface area contributed by atoms with Crippen LogP contribution in [0.25, 0.3) is 21.5 Å². The van der Waals surface area contributed by atoms with Crippen molar-refractivity contribution < 1.29 is 0 Å². The second-order valence-electron chi connectivity index (χ2n) is 7.11. The van der Waals surface area contributed by atoms with Crippen molar-refractivity contribution in [3.63, 3.8) is 0 Å². The fraction of sp³-hybridized carbons (Fsp3) is 0.227. The van der Waals surface area contributed by atoms with Gasteiger partial charge in [-0.05, 0) is 25.1 Å². The van der Waals surface area contributed by atoms with Crippen LogP contribution in [0.4, 0.5) is 10.9 Å². The average Bonchev–Trinajstić information content (AvgIpc) is 3.17. The van der Waals surface area contributed by atoms with Crippen molar-refractivity contribution in [1.29, 1.82) is 0 Å². The lowest BCUT2D eigenvalue weighted by Gasteiger charge is -2.35. The van der Waals surface area contributed by atoms with E-state index < -0.39 is 0 Å². The molecule has 5 rings (SSSR count). The van der Waals surface area contributed by atoms with Gasteiger partial charge in [0.2, 0.25) is 0 Å². The molecule has 1 saturated heterocycles. The quantitative estimate of drug-likeness (QED) is 0.463. The smallest absolute Gasteiger partial charge is 0.186 e. The molecule has 146 valence electrons. The van der Waals surface area contributed by atoms with Crippen LogP contribution in [0, 0.1) is 6.92 Å². The van der Waals surface area contributed by atoms with Gasteiger partial charge >= 0.3 is 0 Å². The van der Waals surface area contributed by atoms with Gasteiger partial charge in [-0.1, -0.05) is 53.3 Å². The molecular formula is C22H20ClN5S. The molecule has 5 nitrogen and oxygen atoms in total. The fourth-order valence-electron chi connectivity index (χ4n) is 3.62. The lowest BCUT2D eigenvalue weighted by molar-refractivity contribution is 0.645. The molecule has 2 aromatic carbocycles. The first-order valence-electron chi connectivity index (χ1n) is 9.63. The number of anilines is 2. The van der Waals surface area contributed by atoms with Crippen LogP contribution >= 0.6 is 22.9 Å². The third-order valence-electron chi connectivity index (χ3n) is 5.11. The molecule has 7 heteroatoms. The molecule has 1 aliphatic heterocycles. The van der Waals surface area contributed by atoms with Gasteiger partial charge in [0.25, 0.3) is 0 Å². The van der Waals surface area contributed by atoms with E-state index in [1.54, 1.807) is 11.3 Å². The van der Waals surface area contributed by atoms with Gasteiger partial charge in [-0.2, -0.15) is 0 Å². The summed E-state index contributed by atoms with van der Waals surface area (Å²) in [6.07, 6.45) is 0. The van der Waals surface area contributed by atoms with Crippen molar-refractivity contribution in [3.8, 4) is 11.3 Å². The Bertz CT molecular complexity index is 1150. The van der Waals surface area contributed by atoms with Crippen molar-refractivity contribution in [1.82, 2.24) is 15.0 Å². The number of thiazole rings is 1. The molecule has 0 aliphatic carbocycles. The summed E-state index contributed by atoms with van der Waals surface area (Å²) in [5.74, 6) is 1.79. The predicted molar refractivity (Wildman–Crippen MR) is 121 cm³/mol. The van der Waals surface area contributed by atoms with E-state index in [0.29, 0.717) is 0 Å². The van der Waals surface area contributed by atoms with Gasteiger partial charge in [0.15, 0.2) is 5.13 Å². The first-order chi connectivity index (χ1) is 14.2. The van der Waals surface area contributed by atoms with Crippen LogP contribution in [0.5, 0.6) is 0 Å². The van der Waals surface area contributed by atoms with Gasteiger partial charge in [0.05, 0.1) is 15.9 Å². The molecule has 0 unspecified atom stereocenters. The van der Waals surface area contributed by atoms with Gasteiger partial charge in [0, 0.05) is 42.8 Å². The van der Waals surface area contributed by atoms with Gasteiger partial charge in [0.1, 0.15) is 11.6 Å². The zero-order valence-electron chi connectivity index (χ0n) is 16.0. The standard InChI is InChI=1S/C22H20ClN5S/c1-15-24-19(16-5-3-2-4-6-16)14-21(25-15)27-9-11-28(12-10-27)22-26-18-8-7-17(23)13-20(18)29-22/h2-8,13-14H,9-12H2,1H3. The highest BCUT2D eigenvalue weighted by atomic mass is 35.5. The lowest BCUT2D eigenvalue weighted by atomic mass is 10.1. The largest absolute Gasteiger partial charge is 0.353 e. The Labute approximate surface area is 178 Å². The molecule has 1 aliphatic rings. The maximum Gasteiger partial charge on any atom is 0.186 e. The zero-order chi connectivity index (χ0) is 19.8. The summed E-state index contributed by atoms with van der Waals surface area (Å²) in [4.78, 5) is 18.8. The zero-order valence-corrected chi connectivity index (χ0v) is 17.6. The number of rotatable bonds is 3. The number of halogens is 1. The van der Waals surface area contributed by atoms with Crippen molar-refractivity contribution in [2.45, 2.75) is 6.92 Å². The maximum absolute atomic E-state index is 6.12. The van der Waals surface area contributed by atoms with E-state index in [1.807, 2.05) is 43.3 Å². The number of piperazine rings is 1. The van der Waals surface area contributed by atoms with Crippen LogP contribution in [0.2, 0.25) is 5.02 Å². The fourth-order valence-corrected chi connectivity index (χ4v) is 4.91. The maximum atomic E-state index is 6.12. The molecule has 3 heterocycles. The molecule has 0 bridgehead atoms. The molecule has 0 atom stereocenters. The first kappa shape index (κ1) is 18.3. The normalized spacial score (nSPS) is 14.6. The number of aromatic nitrogens is 3. The molecule has 2 aromatic heterocycles. The molecule has 29 heavy (non-hydrogen) atoms. The third kappa shape index (κ3) is 3.78. The van der Waals surface area contributed by atoms with E-state index in [4.69, 9.17) is 21.6 Å². The van der Waals surface area contributed by atoms with E-state index in [9.17, 15) is 0 Å². The van der Waals surface area contributed by atoms with Crippen LogP contribution in [0.15, 0.2) is 54.6 Å². The Kier molecular flexibility index (Phi) is 4.81. The monoisotopic (exact) mass is 421 g/mol. The van der Waals surface area contributed by atoms with Crippen LogP contribution in [-0.4, -0.2) is 41.1 Å². The van der Waals surface area contributed by atoms with Crippen LogP contribution in [-0.2, 0) is 0 Å². The molecule has 0 N–H and O–H groups in total. The van der Waals surface area contributed by atoms with Crippen LogP contribution in [0.1, 0.15) is 5.82 Å². The number of hydrogen-bond acceptors (Lipinski definition) is 6. The average molecular weight is 422 g/mol. The highest BCUT2D eigenvalue weighted by Crippen LogP contribution is 2.31. The summed E-state index contributed by atoms with van der Waals surface area (Å²) in [6.45, 7) is 5.59. The van der Waals surface area contributed by atoms with E-state index >= 15 is 0 Å². The molecular weight excluding hydrogens is 402 g/mol. The Morgan fingerprint density at radius 3 is 2.41 bits per heavy atom. The van der Waals surface area contributed by atoms with Crippen molar-refractivity contribution in [3.05, 3.63) is 65.4 Å². The Morgan fingerprint density at radius 1 is 0.862 bits per heavy atom. The van der Waals surface area contributed by atoms with Gasteiger partial charge in [-0.25, -0.2) is 15.0 Å². The Morgan fingerprint density at radius 2 is 1.62 bits per heavy atom. The number of fused-ring (bicyclic) bond motifs is 1. The van der Waals surface area contributed by atoms with E-state index in [0.717, 1.165) is 69.4 Å². The number of nitrogens with zero attached hydrogens (tertiary/aromatic N) is 5. The van der Waals surface area contributed by atoms with Crippen molar-refractivity contribution in [2.75, 3.05) is 36.0 Å². The summed E-state index contributed by atoms with van der Waals surface area (Å²) in [6, 6.07) is 18.2. The number of hydrogen-bond donors (Lipinski definition) is 0. The molecule has 0 spiro atoms. The molecule has 0 radical (unpaired) electrons. The third-order valence-corrected chi connectivity index (χ3v) is 6.42. The lowest BCUT2D eigenvalue weighted by Crippen LogP contribution is -2.46. The van der Waals surface area contributed by atoms with Crippen LogP contribution in [0.3, 0.4) is 0 Å². The highest BCUT2D eigenvalue weighted by molar-refractivity contribution is 7.22. The van der Waals surface area contributed by atoms with Crippen molar-refractivity contribution >= 4 is 44.1 Å². The highest BCUT2D eigenvalue weighted by Gasteiger charge is 2.21. The summed E-state index contributed by atoms with van der Waals surface area (Å²) >= 11 is 7.82. The van der Waals surface area contributed by atoms with E-state index in [2.05, 4.69) is 33.0 Å². The van der Waals surface area contributed by atoms with Gasteiger partial charge in [-0.15, -0.1) is 0 Å². The van der Waals surface area contributed by atoms with E-state index in [-0.39, 0.29) is 0 Å². The first-order valence-corrected chi connectivity index (χ1v) is 10.8.